The zero-order valence-corrected chi connectivity index (χ0v) is 11.9. The van der Waals surface area contributed by atoms with Gasteiger partial charge in [0.15, 0.2) is 0 Å². The molecule has 0 atom stereocenters. The van der Waals surface area contributed by atoms with Crippen molar-refractivity contribution in [1.29, 1.82) is 0 Å². The summed E-state index contributed by atoms with van der Waals surface area (Å²) in [7, 11) is 5.64. The van der Waals surface area contributed by atoms with Gasteiger partial charge >= 0.3 is 6.09 Å². The molecular formula is C7H15NO2S4. The molecule has 3 nitrogen and oxygen atoms in total. The maximum absolute atomic E-state index is 10.8. The normalized spacial score (nSPS) is 11.0. The van der Waals surface area contributed by atoms with Crippen molar-refractivity contribution in [3.05, 3.63) is 0 Å². The van der Waals surface area contributed by atoms with Crippen LogP contribution in [0.4, 0.5) is 4.79 Å². The van der Waals surface area contributed by atoms with Gasteiger partial charge in [0.2, 0.25) is 0 Å². The standard InChI is InChI=1S/C7H15NO2S4/c1-5(2)11-13-8(7(9)10)14-12-6(3)4/h5-6H,1-4H3,(H,9,10). The predicted octanol–water partition coefficient (Wildman–Crippen LogP) is 4.38. The van der Waals surface area contributed by atoms with Crippen molar-refractivity contribution in [3.8, 4) is 0 Å². The Balaban J connectivity index is 3.84. The van der Waals surface area contributed by atoms with E-state index in [1.54, 1.807) is 21.6 Å². The van der Waals surface area contributed by atoms with Crippen LogP contribution >= 0.6 is 43.5 Å². The zero-order chi connectivity index (χ0) is 11.1. The summed E-state index contributed by atoms with van der Waals surface area (Å²) < 4.78 is 1.29. The van der Waals surface area contributed by atoms with Crippen LogP contribution in [0.3, 0.4) is 0 Å². The SMILES string of the molecule is CC(C)SSN(SSC(C)C)C(=O)O. The monoisotopic (exact) mass is 273 g/mol. The zero-order valence-electron chi connectivity index (χ0n) is 8.59. The molecule has 0 bridgehead atoms. The molecule has 0 fully saturated rings. The molecule has 0 aromatic carbocycles. The number of nitrogens with zero attached hydrogens (tertiary/aromatic N) is 1. The van der Waals surface area contributed by atoms with Gasteiger partial charge in [0, 0.05) is 32.5 Å². The van der Waals surface area contributed by atoms with Gasteiger partial charge in [-0.3, -0.25) is 0 Å². The molecule has 0 aromatic heterocycles. The summed E-state index contributed by atoms with van der Waals surface area (Å²) in [5, 5.41) is 9.70. The average Bonchev–Trinajstić information content (AvgIpc) is 2.02. The van der Waals surface area contributed by atoms with Crippen molar-refractivity contribution in [3.63, 3.8) is 0 Å². The third-order valence-electron chi connectivity index (χ3n) is 0.763. The lowest BCUT2D eigenvalue weighted by Gasteiger charge is -2.16. The topological polar surface area (TPSA) is 40.5 Å². The van der Waals surface area contributed by atoms with E-state index in [1.807, 2.05) is 27.7 Å². The number of carboxylic acid groups (broad SMARTS) is 1. The van der Waals surface area contributed by atoms with E-state index in [2.05, 4.69) is 0 Å². The quantitative estimate of drug-likeness (QED) is 0.572. The van der Waals surface area contributed by atoms with Gasteiger partial charge in [-0.2, -0.15) is 3.71 Å². The van der Waals surface area contributed by atoms with Crippen LogP contribution in [0.15, 0.2) is 0 Å². The highest BCUT2D eigenvalue weighted by Crippen LogP contribution is 2.41. The molecule has 14 heavy (non-hydrogen) atoms. The molecule has 0 aromatic rings. The largest absolute Gasteiger partial charge is 0.464 e. The van der Waals surface area contributed by atoms with E-state index in [1.165, 1.54) is 25.7 Å². The van der Waals surface area contributed by atoms with Crippen LogP contribution in [0.5, 0.6) is 0 Å². The number of amides is 1. The minimum Gasteiger partial charge on any atom is -0.464 e. The summed E-state index contributed by atoms with van der Waals surface area (Å²) >= 11 is 0. The highest BCUT2D eigenvalue weighted by Gasteiger charge is 2.16. The van der Waals surface area contributed by atoms with Gasteiger partial charge < -0.3 is 5.11 Å². The maximum Gasteiger partial charge on any atom is 0.429 e. The van der Waals surface area contributed by atoms with E-state index in [0.29, 0.717) is 10.5 Å². The molecule has 1 N–H and O–H groups in total. The Labute approximate surface area is 101 Å². The van der Waals surface area contributed by atoms with Crippen molar-refractivity contribution in [1.82, 2.24) is 3.71 Å². The van der Waals surface area contributed by atoms with Gasteiger partial charge in [-0.05, 0) is 0 Å². The molecule has 0 saturated heterocycles. The fraction of sp³-hybridized carbons (Fsp3) is 0.857. The summed E-state index contributed by atoms with van der Waals surface area (Å²) in [5.41, 5.74) is 0. The lowest BCUT2D eigenvalue weighted by molar-refractivity contribution is 0.191. The first-order valence-electron chi connectivity index (χ1n) is 4.13. The Bertz CT molecular complexity index is 165. The van der Waals surface area contributed by atoms with Gasteiger partial charge in [0.1, 0.15) is 0 Å². The Morgan fingerprint density at radius 2 is 1.43 bits per heavy atom. The van der Waals surface area contributed by atoms with Crippen molar-refractivity contribution >= 4 is 49.6 Å². The number of hydrogen-bond donors (Lipinski definition) is 1. The van der Waals surface area contributed by atoms with E-state index in [4.69, 9.17) is 5.11 Å². The van der Waals surface area contributed by atoms with E-state index in [-0.39, 0.29) is 0 Å². The minimum atomic E-state index is -0.902. The fourth-order valence-electron chi connectivity index (χ4n) is 0.326. The van der Waals surface area contributed by atoms with Crippen LogP contribution in [-0.2, 0) is 0 Å². The molecule has 1 amide bonds. The second-order valence-electron chi connectivity index (χ2n) is 2.98. The first-order valence-corrected chi connectivity index (χ1v) is 8.47. The molecule has 0 aliphatic carbocycles. The van der Waals surface area contributed by atoms with Crippen molar-refractivity contribution < 1.29 is 9.90 Å². The third-order valence-corrected chi connectivity index (χ3v) is 7.02. The third kappa shape index (κ3) is 8.02. The molecule has 0 saturated carbocycles. The summed E-state index contributed by atoms with van der Waals surface area (Å²) in [6.07, 6.45) is -0.902. The maximum atomic E-state index is 10.8. The Kier molecular flexibility index (Phi) is 8.27. The van der Waals surface area contributed by atoms with E-state index in [0.717, 1.165) is 0 Å². The van der Waals surface area contributed by atoms with Crippen LogP contribution in [0.1, 0.15) is 27.7 Å². The molecule has 0 unspecified atom stereocenters. The van der Waals surface area contributed by atoms with Crippen molar-refractivity contribution in [2.24, 2.45) is 0 Å². The summed E-state index contributed by atoms with van der Waals surface area (Å²) in [6.45, 7) is 8.16. The highest BCUT2D eigenvalue weighted by atomic mass is 33.1. The van der Waals surface area contributed by atoms with Gasteiger partial charge in [-0.1, -0.05) is 49.3 Å². The first-order chi connectivity index (χ1) is 6.43. The number of rotatable bonds is 6. The molecule has 0 aliphatic rings. The van der Waals surface area contributed by atoms with Crippen LogP contribution < -0.4 is 0 Å². The molecular weight excluding hydrogens is 258 g/mol. The lowest BCUT2D eigenvalue weighted by Crippen LogP contribution is -2.12. The molecule has 0 radical (unpaired) electrons. The molecule has 0 heterocycles. The van der Waals surface area contributed by atoms with Crippen molar-refractivity contribution in [2.75, 3.05) is 0 Å². The fourth-order valence-corrected chi connectivity index (χ4v) is 4.47. The Morgan fingerprint density at radius 1 is 1.07 bits per heavy atom. The molecule has 0 rings (SSSR count). The van der Waals surface area contributed by atoms with E-state index in [9.17, 15) is 4.79 Å². The van der Waals surface area contributed by atoms with Crippen LogP contribution in [0.25, 0.3) is 0 Å². The second-order valence-corrected chi connectivity index (χ2v) is 8.56. The van der Waals surface area contributed by atoms with Gasteiger partial charge in [0.25, 0.3) is 0 Å². The van der Waals surface area contributed by atoms with Crippen LogP contribution in [0.2, 0.25) is 0 Å². The predicted molar refractivity (Wildman–Crippen MR) is 70.5 cm³/mol. The van der Waals surface area contributed by atoms with Gasteiger partial charge in [-0.15, -0.1) is 0 Å². The van der Waals surface area contributed by atoms with Crippen molar-refractivity contribution in [2.45, 2.75) is 38.2 Å². The first kappa shape index (κ1) is 14.7. The van der Waals surface area contributed by atoms with Gasteiger partial charge in [0.05, 0.1) is 0 Å². The molecule has 0 spiro atoms. The average molecular weight is 273 g/mol. The smallest absolute Gasteiger partial charge is 0.429 e. The Hall–Kier alpha value is 0.670. The highest BCUT2D eigenvalue weighted by molar-refractivity contribution is 8.83. The number of carbonyl (C=O) groups is 1. The number of hydrogen-bond acceptors (Lipinski definition) is 5. The van der Waals surface area contributed by atoms with Gasteiger partial charge in [-0.25, -0.2) is 4.79 Å². The minimum absolute atomic E-state index is 0.423. The summed E-state index contributed by atoms with van der Waals surface area (Å²) in [6, 6.07) is 0. The van der Waals surface area contributed by atoms with Crippen LogP contribution in [0, 0.1) is 0 Å². The van der Waals surface area contributed by atoms with E-state index < -0.39 is 6.09 Å². The second kappa shape index (κ2) is 7.90. The summed E-state index contributed by atoms with van der Waals surface area (Å²) in [5.74, 6) is 0. The molecule has 0 aliphatic heterocycles. The molecule has 7 heteroatoms. The summed E-state index contributed by atoms with van der Waals surface area (Å²) in [4.78, 5) is 10.8. The lowest BCUT2D eigenvalue weighted by atomic mass is 10.6. The van der Waals surface area contributed by atoms with E-state index >= 15 is 0 Å². The molecule has 84 valence electrons. The Morgan fingerprint density at radius 3 is 1.64 bits per heavy atom. The van der Waals surface area contributed by atoms with Crippen LogP contribution in [-0.4, -0.2) is 25.4 Å².